The van der Waals surface area contributed by atoms with Gasteiger partial charge in [-0.3, -0.25) is 4.52 Å². The van der Waals surface area contributed by atoms with Gasteiger partial charge in [0.05, 0.1) is 22.3 Å². The summed E-state index contributed by atoms with van der Waals surface area (Å²) >= 11 is 2.86. The van der Waals surface area contributed by atoms with Crippen molar-refractivity contribution in [2.75, 3.05) is 11.9 Å². The van der Waals surface area contributed by atoms with Crippen LogP contribution in [0.3, 0.4) is 0 Å². The number of halogens is 2. The molecule has 2 heterocycles. The highest BCUT2D eigenvalue weighted by molar-refractivity contribution is 9.10. The second kappa shape index (κ2) is 5.69. The molecule has 9 nitrogen and oxygen atoms in total. The molecule has 3 N–H and O–H groups in total. The van der Waals surface area contributed by atoms with Crippen molar-refractivity contribution in [1.82, 2.24) is 20.0 Å². The summed E-state index contributed by atoms with van der Waals surface area (Å²) in [4.78, 5) is 12.1. The third-order valence-corrected chi connectivity index (χ3v) is 3.07. The van der Waals surface area contributed by atoms with Crippen molar-refractivity contribution in [2.24, 2.45) is 5.73 Å². The Bertz CT molecular complexity index is 1050. The number of nitrogens with one attached hydrogen (secondary N) is 1. The second-order valence-corrected chi connectivity index (χ2v) is 4.56. The topological polar surface area (TPSA) is 125 Å². The maximum Gasteiger partial charge on any atom is 0.446 e. The molecule has 2 aromatic heterocycles. The van der Waals surface area contributed by atoms with Gasteiger partial charge in [-0.05, 0) is 44.4 Å². The molecule has 22 heavy (non-hydrogen) atoms. The third-order valence-electron chi connectivity index (χ3n) is 2.49. The average Bonchev–Trinajstić information content (AvgIpc) is 3.11. The molecule has 0 unspecified atom stereocenters. The van der Waals surface area contributed by atoms with E-state index in [1.54, 1.807) is 0 Å². The van der Waals surface area contributed by atoms with Gasteiger partial charge in [-0.25, -0.2) is 18.4 Å². The van der Waals surface area contributed by atoms with Crippen LogP contribution in [0.1, 0.15) is 5.48 Å². The summed E-state index contributed by atoms with van der Waals surface area (Å²) in [6, 6.07) is -0.219. The van der Waals surface area contributed by atoms with Gasteiger partial charge in [0.15, 0.2) is 5.69 Å². The van der Waals surface area contributed by atoms with Crippen molar-refractivity contribution in [1.29, 1.82) is 0 Å². The van der Waals surface area contributed by atoms with Crippen LogP contribution in [0.5, 0.6) is 0 Å². The number of hydrogen-bond donors (Lipinski definition) is 2. The zero-order valence-electron chi connectivity index (χ0n) is 14.4. The number of rotatable bonds is 4. The van der Waals surface area contributed by atoms with Crippen LogP contribution in [-0.2, 0) is 0 Å². The van der Waals surface area contributed by atoms with E-state index in [0.29, 0.717) is 4.57 Å². The predicted octanol–water partition coefficient (Wildman–Crippen LogP) is 1.11. The first-order chi connectivity index (χ1) is 12.1. The predicted molar refractivity (Wildman–Crippen MR) is 75.7 cm³/mol. The van der Waals surface area contributed by atoms with Crippen LogP contribution in [0.15, 0.2) is 36.6 Å². The van der Waals surface area contributed by atoms with Crippen LogP contribution in [0.2, 0.25) is 0 Å². The van der Waals surface area contributed by atoms with Gasteiger partial charge in [0.1, 0.15) is 5.82 Å². The van der Waals surface area contributed by atoms with Crippen molar-refractivity contribution in [3.63, 3.8) is 0 Å². The summed E-state index contributed by atoms with van der Waals surface area (Å²) in [6.45, 7) is -2.40. The fraction of sp³-hybridized carbons (Fsp3) is 0.0909. The SMILES string of the molecule is [2H]c1cc(F)c(Br)c([2H])c1-n1c(-c2nonc2NC([2H])([2H])N)noc1=O. The monoisotopic (exact) mass is 374 g/mol. The molecule has 0 aliphatic heterocycles. The van der Waals surface area contributed by atoms with Crippen molar-refractivity contribution in [2.45, 2.75) is 0 Å². The maximum absolute atomic E-state index is 13.7. The molecule has 114 valence electrons. The van der Waals surface area contributed by atoms with E-state index in [1.165, 1.54) is 0 Å². The Labute approximate surface area is 135 Å². The molecule has 0 bridgehead atoms. The van der Waals surface area contributed by atoms with E-state index in [9.17, 15) is 9.18 Å². The van der Waals surface area contributed by atoms with E-state index < -0.39 is 30.3 Å². The lowest BCUT2D eigenvalue weighted by atomic mass is 10.3. The maximum atomic E-state index is 13.7. The standard InChI is InChI=1S/C11H8BrFN6O3/c12-6-3-5(1-2-7(6)13)19-10(18-21-11(19)20)8-9(15-4-14)17-22-16-8/h1-3H,4,14H2,(H,15,17)/i1D,3D,4D2. The molecule has 0 aliphatic carbocycles. The molecule has 0 radical (unpaired) electrons. The number of nitrogens with two attached hydrogens (primary N) is 1. The minimum absolute atomic E-state index is 0.274. The van der Waals surface area contributed by atoms with Gasteiger partial charge in [-0.15, -0.1) is 0 Å². The number of benzene rings is 1. The Balaban J connectivity index is 2.25. The van der Waals surface area contributed by atoms with Crippen LogP contribution in [-0.4, -0.2) is 26.7 Å². The number of aromatic nitrogens is 4. The lowest BCUT2D eigenvalue weighted by molar-refractivity contribution is 0.309. The highest BCUT2D eigenvalue weighted by Crippen LogP contribution is 2.25. The average molecular weight is 375 g/mol. The molecule has 11 heteroatoms. The van der Waals surface area contributed by atoms with Gasteiger partial charge < -0.3 is 11.1 Å². The van der Waals surface area contributed by atoms with Gasteiger partial charge in [-0.1, -0.05) is 5.16 Å². The Morgan fingerprint density at radius 2 is 2.36 bits per heavy atom. The molecule has 0 saturated heterocycles. The Morgan fingerprint density at radius 1 is 1.55 bits per heavy atom. The summed E-state index contributed by atoms with van der Waals surface area (Å²) in [7, 11) is 0. The van der Waals surface area contributed by atoms with Crippen molar-refractivity contribution in [3.05, 3.63) is 39.0 Å². The quantitative estimate of drug-likeness (QED) is 0.650. The van der Waals surface area contributed by atoms with Crippen LogP contribution in [0.25, 0.3) is 17.2 Å². The van der Waals surface area contributed by atoms with Gasteiger partial charge in [0.25, 0.3) is 0 Å². The van der Waals surface area contributed by atoms with Crippen molar-refractivity contribution >= 4 is 21.7 Å². The van der Waals surface area contributed by atoms with E-state index in [4.69, 9.17) is 11.2 Å². The van der Waals surface area contributed by atoms with E-state index >= 15 is 0 Å². The van der Waals surface area contributed by atoms with Crippen LogP contribution < -0.4 is 16.8 Å². The van der Waals surface area contributed by atoms with Gasteiger partial charge in [0, 0.05) is 0 Å². The first-order valence-electron chi connectivity index (χ1n) is 7.54. The highest BCUT2D eigenvalue weighted by Gasteiger charge is 2.22. The molecule has 1 aromatic carbocycles. The summed E-state index contributed by atoms with van der Waals surface area (Å²) < 4.78 is 53.6. The molecule has 0 fully saturated rings. The van der Waals surface area contributed by atoms with Crippen LogP contribution in [0.4, 0.5) is 10.2 Å². The first-order valence-corrected chi connectivity index (χ1v) is 6.33. The summed E-state index contributed by atoms with van der Waals surface area (Å²) in [5.74, 6) is -2.62. The van der Waals surface area contributed by atoms with E-state index in [2.05, 4.69) is 45.9 Å². The molecule has 3 rings (SSSR count). The molecular weight excluding hydrogens is 363 g/mol. The summed E-state index contributed by atoms with van der Waals surface area (Å²) in [6.07, 6.45) is 0. The van der Waals surface area contributed by atoms with Gasteiger partial charge in [-0.2, -0.15) is 0 Å². The van der Waals surface area contributed by atoms with Crippen LogP contribution >= 0.6 is 15.9 Å². The zero-order valence-corrected chi connectivity index (χ0v) is 12.0. The number of nitrogens with zero attached hydrogens (tertiary/aromatic N) is 4. The minimum Gasteiger partial charge on any atom is -0.353 e. The Hall–Kier alpha value is -2.53. The molecule has 0 amide bonds. The largest absolute Gasteiger partial charge is 0.446 e. The smallest absolute Gasteiger partial charge is 0.353 e. The summed E-state index contributed by atoms with van der Waals surface area (Å²) in [5.41, 5.74) is 4.59. The molecule has 0 aliphatic rings. The molecular formula is C11H8BrFN6O3. The van der Waals surface area contributed by atoms with Gasteiger partial charge >= 0.3 is 5.76 Å². The van der Waals surface area contributed by atoms with E-state index in [0.717, 1.165) is 6.07 Å². The highest BCUT2D eigenvalue weighted by atomic mass is 79.9. The molecule has 3 aromatic rings. The third kappa shape index (κ3) is 2.40. The normalized spacial score (nSPS) is 14.1. The first kappa shape index (κ1) is 10.2. The van der Waals surface area contributed by atoms with E-state index in [-0.39, 0.29) is 27.5 Å². The fourth-order valence-electron chi connectivity index (χ4n) is 1.60. The second-order valence-electron chi connectivity index (χ2n) is 3.76. The minimum atomic E-state index is -2.40. The van der Waals surface area contributed by atoms with Gasteiger partial charge in [0.2, 0.25) is 11.6 Å². The van der Waals surface area contributed by atoms with Crippen molar-refractivity contribution < 1.29 is 19.0 Å². The lowest BCUT2D eigenvalue weighted by Gasteiger charge is -2.04. The molecule has 0 saturated carbocycles. The molecule has 0 spiro atoms. The Kier molecular flexibility index (Phi) is 2.65. The Morgan fingerprint density at radius 3 is 3.14 bits per heavy atom. The van der Waals surface area contributed by atoms with E-state index in [1.807, 2.05) is 0 Å². The lowest BCUT2D eigenvalue weighted by Crippen LogP contribution is -2.15. The van der Waals surface area contributed by atoms with Crippen LogP contribution in [0, 0.1) is 5.82 Å². The number of hydrogen-bond acceptors (Lipinski definition) is 8. The molecule has 0 atom stereocenters. The zero-order chi connectivity index (χ0) is 19.2. The number of anilines is 1. The van der Waals surface area contributed by atoms with Crippen molar-refractivity contribution in [3.8, 4) is 17.2 Å². The fourth-order valence-corrected chi connectivity index (χ4v) is 1.90. The summed E-state index contributed by atoms with van der Waals surface area (Å²) in [5, 5.41) is 12.6.